The molecule has 1 aromatic carbocycles. The second kappa shape index (κ2) is 8.16. The summed E-state index contributed by atoms with van der Waals surface area (Å²) in [5.41, 5.74) is 0.633. The minimum atomic E-state index is -0.525. The smallest absolute Gasteiger partial charge is 0.333 e. The van der Waals surface area contributed by atoms with Gasteiger partial charge in [-0.05, 0) is 31.2 Å². The number of amides is 2. The number of carbonyl (C=O) groups excluding carboxylic acids is 3. The number of carbonyl (C=O) groups is 3. The highest BCUT2D eigenvalue weighted by Crippen LogP contribution is 2.28. The summed E-state index contributed by atoms with van der Waals surface area (Å²) in [6.45, 7) is 1.81. The van der Waals surface area contributed by atoms with Gasteiger partial charge in [-0.2, -0.15) is 0 Å². The molecule has 1 aliphatic rings. The SMILES string of the molecule is CCOC(=O)/C=C1\SCC(=O)N1CC(=O)Nc1ccc(Br)cc1. The molecule has 23 heavy (non-hydrogen) atoms. The Labute approximate surface area is 146 Å². The number of hydrogen-bond acceptors (Lipinski definition) is 5. The molecule has 1 saturated heterocycles. The van der Waals surface area contributed by atoms with Gasteiger partial charge in [-0.3, -0.25) is 14.5 Å². The molecule has 2 rings (SSSR count). The highest BCUT2D eigenvalue weighted by Gasteiger charge is 2.29. The maximum absolute atomic E-state index is 12.1. The van der Waals surface area contributed by atoms with E-state index in [1.54, 1.807) is 31.2 Å². The van der Waals surface area contributed by atoms with Crippen LogP contribution in [-0.2, 0) is 19.1 Å². The van der Waals surface area contributed by atoms with Gasteiger partial charge in [0.05, 0.1) is 23.5 Å². The average molecular weight is 399 g/mol. The predicted octanol–water partition coefficient (Wildman–Crippen LogP) is 2.37. The Morgan fingerprint density at radius 3 is 2.74 bits per heavy atom. The van der Waals surface area contributed by atoms with Crippen molar-refractivity contribution in [2.75, 3.05) is 24.2 Å². The minimum absolute atomic E-state index is 0.146. The molecule has 1 N–H and O–H groups in total. The fourth-order valence-electron chi connectivity index (χ4n) is 1.86. The van der Waals surface area contributed by atoms with Crippen LogP contribution in [0.4, 0.5) is 5.69 Å². The number of rotatable bonds is 5. The van der Waals surface area contributed by atoms with Crippen molar-refractivity contribution in [1.82, 2.24) is 4.90 Å². The van der Waals surface area contributed by atoms with E-state index < -0.39 is 5.97 Å². The second-order valence-electron chi connectivity index (χ2n) is 4.56. The van der Waals surface area contributed by atoms with Crippen molar-refractivity contribution in [3.05, 3.63) is 39.8 Å². The van der Waals surface area contributed by atoms with Crippen LogP contribution < -0.4 is 5.32 Å². The van der Waals surface area contributed by atoms with Gasteiger partial charge in [-0.15, -0.1) is 0 Å². The summed E-state index contributed by atoms with van der Waals surface area (Å²) in [6.07, 6.45) is 1.24. The number of anilines is 1. The van der Waals surface area contributed by atoms with Gasteiger partial charge in [0.2, 0.25) is 11.8 Å². The quantitative estimate of drug-likeness (QED) is 0.608. The maximum Gasteiger partial charge on any atom is 0.333 e. The number of halogens is 1. The van der Waals surface area contributed by atoms with Crippen molar-refractivity contribution < 1.29 is 19.1 Å². The van der Waals surface area contributed by atoms with Crippen molar-refractivity contribution in [3.63, 3.8) is 0 Å². The Balaban J connectivity index is 2.01. The van der Waals surface area contributed by atoms with Gasteiger partial charge < -0.3 is 10.1 Å². The summed E-state index contributed by atoms with van der Waals surface area (Å²) < 4.78 is 5.73. The number of nitrogens with one attached hydrogen (secondary N) is 1. The van der Waals surface area contributed by atoms with Crippen molar-refractivity contribution in [1.29, 1.82) is 0 Å². The molecule has 0 bridgehead atoms. The van der Waals surface area contributed by atoms with E-state index in [4.69, 9.17) is 4.74 Å². The molecule has 0 saturated carbocycles. The molecule has 1 fully saturated rings. The van der Waals surface area contributed by atoms with E-state index in [9.17, 15) is 14.4 Å². The zero-order valence-corrected chi connectivity index (χ0v) is 14.8. The molecule has 0 unspecified atom stereocenters. The number of ether oxygens (including phenoxy) is 1. The van der Waals surface area contributed by atoms with E-state index in [-0.39, 0.29) is 30.7 Å². The van der Waals surface area contributed by atoms with Crippen LogP contribution in [0, 0.1) is 0 Å². The summed E-state index contributed by atoms with van der Waals surface area (Å²) in [4.78, 5) is 36.8. The first-order valence-corrected chi connectivity index (χ1v) is 8.64. The first kappa shape index (κ1) is 17.6. The van der Waals surface area contributed by atoms with E-state index >= 15 is 0 Å². The topological polar surface area (TPSA) is 75.7 Å². The number of thioether (sulfide) groups is 1. The van der Waals surface area contributed by atoms with Crippen LogP contribution in [0.2, 0.25) is 0 Å². The second-order valence-corrected chi connectivity index (χ2v) is 6.47. The van der Waals surface area contributed by atoms with Gasteiger partial charge in [0.1, 0.15) is 6.54 Å². The first-order valence-electron chi connectivity index (χ1n) is 6.86. The fourth-order valence-corrected chi connectivity index (χ4v) is 3.06. The van der Waals surface area contributed by atoms with Crippen LogP contribution in [-0.4, -0.2) is 41.6 Å². The first-order chi connectivity index (χ1) is 11.0. The summed E-state index contributed by atoms with van der Waals surface area (Å²) in [5.74, 6) is -0.867. The molecule has 1 aliphatic heterocycles. The van der Waals surface area contributed by atoms with Gasteiger partial charge in [0, 0.05) is 10.2 Å². The number of nitrogens with zero attached hydrogens (tertiary/aromatic N) is 1. The molecule has 0 spiro atoms. The molecular weight excluding hydrogens is 384 g/mol. The maximum atomic E-state index is 12.1. The fraction of sp³-hybridized carbons (Fsp3) is 0.267. The van der Waals surface area contributed by atoms with Gasteiger partial charge >= 0.3 is 5.97 Å². The molecule has 6 nitrogen and oxygen atoms in total. The third kappa shape index (κ3) is 5.11. The van der Waals surface area contributed by atoms with E-state index in [1.165, 1.54) is 22.7 Å². The van der Waals surface area contributed by atoms with Crippen LogP contribution in [0.25, 0.3) is 0 Å². The lowest BCUT2D eigenvalue weighted by molar-refractivity contribution is -0.137. The van der Waals surface area contributed by atoms with Crippen molar-refractivity contribution >= 4 is 51.2 Å². The van der Waals surface area contributed by atoms with Crippen LogP contribution in [0.5, 0.6) is 0 Å². The largest absolute Gasteiger partial charge is 0.463 e. The van der Waals surface area contributed by atoms with Crippen LogP contribution in [0.15, 0.2) is 39.8 Å². The minimum Gasteiger partial charge on any atom is -0.463 e. The molecule has 0 aromatic heterocycles. The van der Waals surface area contributed by atoms with Gasteiger partial charge in [-0.1, -0.05) is 27.7 Å². The summed E-state index contributed by atoms with van der Waals surface area (Å²) in [5, 5.41) is 3.14. The van der Waals surface area contributed by atoms with Crippen molar-refractivity contribution in [2.45, 2.75) is 6.92 Å². The Bertz CT molecular complexity index is 645. The molecule has 122 valence electrons. The van der Waals surface area contributed by atoms with Crippen LogP contribution >= 0.6 is 27.7 Å². The molecule has 0 aliphatic carbocycles. The molecule has 0 atom stereocenters. The molecular formula is C15H15BrN2O4S. The normalized spacial score (nSPS) is 15.8. The van der Waals surface area contributed by atoms with E-state index in [0.717, 1.165) is 4.47 Å². The Morgan fingerprint density at radius 2 is 2.09 bits per heavy atom. The van der Waals surface area contributed by atoms with Gasteiger partial charge in [0.25, 0.3) is 0 Å². The molecule has 1 heterocycles. The zero-order chi connectivity index (χ0) is 16.8. The lowest BCUT2D eigenvalue weighted by Crippen LogP contribution is -2.34. The lowest BCUT2D eigenvalue weighted by Gasteiger charge is -2.16. The number of benzene rings is 1. The standard InChI is InChI=1S/C15H15BrN2O4S/c1-2-22-15(21)7-14-18(13(20)9-23-14)8-12(19)17-11-5-3-10(16)4-6-11/h3-7H,2,8-9H2,1H3,(H,17,19)/b14-7-. The third-order valence-corrected chi connectivity index (χ3v) is 4.42. The monoisotopic (exact) mass is 398 g/mol. The summed E-state index contributed by atoms with van der Waals surface area (Å²) in [7, 11) is 0. The molecule has 2 amide bonds. The highest BCUT2D eigenvalue weighted by atomic mass is 79.9. The Kier molecular flexibility index (Phi) is 6.23. The van der Waals surface area contributed by atoms with Gasteiger partial charge in [-0.25, -0.2) is 4.79 Å². The third-order valence-electron chi connectivity index (χ3n) is 2.87. The summed E-state index contributed by atoms with van der Waals surface area (Å²) in [6, 6.07) is 7.10. The average Bonchev–Trinajstić information content (AvgIpc) is 2.83. The Hall–Kier alpha value is -1.80. The van der Waals surface area contributed by atoms with E-state index in [0.29, 0.717) is 10.7 Å². The van der Waals surface area contributed by atoms with Crippen molar-refractivity contribution in [2.24, 2.45) is 0 Å². The molecule has 8 heteroatoms. The van der Waals surface area contributed by atoms with E-state index in [1.807, 2.05) is 0 Å². The van der Waals surface area contributed by atoms with Gasteiger partial charge in [0.15, 0.2) is 0 Å². The molecule has 0 radical (unpaired) electrons. The number of esters is 1. The van der Waals surface area contributed by atoms with Crippen molar-refractivity contribution in [3.8, 4) is 0 Å². The van der Waals surface area contributed by atoms with Crippen LogP contribution in [0.1, 0.15) is 6.92 Å². The van der Waals surface area contributed by atoms with Crippen LogP contribution in [0.3, 0.4) is 0 Å². The zero-order valence-electron chi connectivity index (χ0n) is 12.4. The number of hydrogen-bond donors (Lipinski definition) is 1. The summed E-state index contributed by atoms with van der Waals surface area (Å²) >= 11 is 4.53. The highest BCUT2D eigenvalue weighted by molar-refractivity contribution is 9.10. The Morgan fingerprint density at radius 1 is 1.39 bits per heavy atom. The van der Waals surface area contributed by atoms with E-state index in [2.05, 4.69) is 21.2 Å². The lowest BCUT2D eigenvalue weighted by atomic mass is 10.3. The molecule has 1 aromatic rings. The predicted molar refractivity (Wildman–Crippen MR) is 91.7 cm³/mol.